The van der Waals surface area contributed by atoms with Crippen LogP contribution in [0.15, 0.2) is 0 Å². The zero-order valence-electron chi connectivity index (χ0n) is 14.2. The zero-order valence-corrected chi connectivity index (χ0v) is 14.2. The summed E-state index contributed by atoms with van der Waals surface area (Å²) in [5.74, 6) is 0.699. The van der Waals surface area contributed by atoms with Crippen LogP contribution in [0.4, 0.5) is 0 Å². The summed E-state index contributed by atoms with van der Waals surface area (Å²) in [6.07, 6.45) is 1.12. The summed E-state index contributed by atoms with van der Waals surface area (Å²) in [7, 11) is 0. The van der Waals surface area contributed by atoms with Crippen molar-refractivity contribution in [3.8, 4) is 12.1 Å². The highest BCUT2D eigenvalue weighted by Gasteiger charge is 2.36. The van der Waals surface area contributed by atoms with Gasteiger partial charge in [-0.25, -0.2) is 0 Å². The van der Waals surface area contributed by atoms with Gasteiger partial charge in [-0.2, -0.15) is 10.5 Å². The molecule has 0 saturated carbocycles. The van der Waals surface area contributed by atoms with Gasteiger partial charge in [0.25, 0.3) is 0 Å². The minimum atomic E-state index is -0.0461. The Kier molecular flexibility index (Phi) is 6.38. The van der Waals surface area contributed by atoms with Gasteiger partial charge < -0.3 is 9.80 Å². The number of nitrogens with zero attached hydrogens (tertiary/aromatic N) is 5. The van der Waals surface area contributed by atoms with E-state index in [0.717, 1.165) is 45.8 Å². The third kappa shape index (κ3) is 4.67. The molecule has 2 aliphatic rings. The van der Waals surface area contributed by atoms with E-state index in [0.29, 0.717) is 24.8 Å². The van der Waals surface area contributed by atoms with Gasteiger partial charge in [-0.15, -0.1) is 0 Å². The molecule has 1 amide bonds. The van der Waals surface area contributed by atoms with E-state index in [1.807, 2.05) is 4.90 Å². The average Bonchev–Trinajstić information content (AvgIpc) is 2.92. The van der Waals surface area contributed by atoms with E-state index in [1.165, 1.54) is 0 Å². The number of rotatable bonds is 5. The Morgan fingerprint density at radius 1 is 1.22 bits per heavy atom. The first kappa shape index (κ1) is 17.7. The summed E-state index contributed by atoms with van der Waals surface area (Å²) in [4.78, 5) is 18.2. The second-order valence-corrected chi connectivity index (χ2v) is 6.83. The van der Waals surface area contributed by atoms with Crippen molar-refractivity contribution >= 4 is 5.91 Å². The molecular formula is C17H27N5O. The first-order valence-corrected chi connectivity index (χ1v) is 8.53. The van der Waals surface area contributed by atoms with Crippen molar-refractivity contribution in [3.63, 3.8) is 0 Å². The van der Waals surface area contributed by atoms with Crippen LogP contribution in [0, 0.1) is 34.5 Å². The molecule has 6 nitrogen and oxygen atoms in total. The topological polar surface area (TPSA) is 74.4 Å². The van der Waals surface area contributed by atoms with Crippen molar-refractivity contribution < 1.29 is 4.79 Å². The molecule has 0 aliphatic carbocycles. The molecule has 6 heteroatoms. The molecule has 0 aromatic carbocycles. The number of carbonyl (C=O) groups excluding carboxylic acids is 1. The molecule has 0 bridgehead atoms. The van der Waals surface area contributed by atoms with Gasteiger partial charge in [-0.1, -0.05) is 6.92 Å². The molecule has 2 heterocycles. The van der Waals surface area contributed by atoms with Crippen LogP contribution in [-0.4, -0.2) is 72.5 Å². The third-order valence-electron chi connectivity index (χ3n) is 5.14. The predicted octanol–water partition coefficient (Wildman–Crippen LogP) is 0.914. The van der Waals surface area contributed by atoms with Crippen LogP contribution in [0.3, 0.4) is 0 Å². The molecule has 2 aliphatic heterocycles. The molecule has 0 aromatic rings. The highest BCUT2D eigenvalue weighted by molar-refractivity contribution is 5.73. The maximum absolute atomic E-state index is 11.4. The fourth-order valence-corrected chi connectivity index (χ4v) is 3.79. The molecule has 2 fully saturated rings. The van der Waals surface area contributed by atoms with Gasteiger partial charge in [0.05, 0.1) is 18.1 Å². The van der Waals surface area contributed by atoms with E-state index in [2.05, 4.69) is 28.9 Å². The standard InChI is InChI=1S/C17H27N5O/c1-14-11-20(12-16(10-19)4-3-5-18)13-17(14)22-8-6-21(7-9-22)15(2)23/h14,16-17H,3-4,6-9,11-13H2,1-2H3/t14-,16-,17-/m1/s1. The highest BCUT2D eigenvalue weighted by Crippen LogP contribution is 2.24. The summed E-state index contributed by atoms with van der Waals surface area (Å²) in [6, 6.07) is 4.98. The van der Waals surface area contributed by atoms with E-state index < -0.39 is 0 Å². The van der Waals surface area contributed by atoms with Crippen LogP contribution in [0.5, 0.6) is 0 Å². The first-order chi connectivity index (χ1) is 11.0. The summed E-state index contributed by atoms with van der Waals surface area (Å²) in [6.45, 7) is 10.2. The fraction of sp³-hybridized carbons (Fsp3) is 0.824. The van der Waals surface area contributed by atoms with Gasteiger partial charge >= 0.3 is 0 Å². The number of amides is 1. The predicted molar refractivity (Wildman–Crippen MR) is 87.2 cm³/mol. The minimum Gasteiger partial charge on any atom is -0.340 e. The van der Waals surface area contributed by atoms with E-state index >= 15 is 0 Å². The van der Waals surface area contributed by atoms with E-state index in [-0.39, 0.29) is 11.8 Å². The van der Waals surface area contributed by atoms with E-state index in [1.54, 1.807) is 6.92 Å². The van der Waals surface area contributed by atoms with Gasteiger partial charge in [0.1, 0.15) is 0 Å². The summed E-state index contributed by atoms with van der Waals surface area (Å²) < 4.78 is 0. The van der Waals surface area contributed by atoms with Crippen LogP contribution in [0.25, 0.3) is 0 Å². The van der Waals surface area contributed by atoms with Crippen LogP contribution < -0.4 is 0 Å². The van der Waals surface area contributed by atoms with E-state index in [4.69, 9.17) is 5.26 Å². The normalized spacial score (nSPS) is 27.4. The first-order valence-electron chi connectivity index (χ1n) is 8.53. The lowest BCUT2D eigenvalue weighted by atomic mass is 10.0. The Morgan fingerprint density at radius 2 is 1.91 bits per heavy atom. The highest BCUT2D eigenvalue weighted by atomic mass is 16.2. The molecule has 2 saturated heterocycles. The molecule has 0 aromatic heterocycles. The van der Waals surface area contributed by atoms with Crippen molar-refractivity contribution in [2.75, 3.05) is 45.8 Å². The Morgan fingerprint density at radius 3 is 2.48 bits per heavy atom. The largest absolute Gasteiger partial charge is 0.340 e. The zero-order chi connectivity index (χ0) is 16.8. The Hall–Kier alpha value is -1.63. The summed E-state index contributed by atoms with van der Waals surface area (Å²) in [5.41, 5.74) is 0. The van der Waals surface area contributed by atoms with Crippen molar-refractivity contribution in [3.05, 3.63) is 0 Å². The van der Waals surface area contributed by atoms with Crippen molar-refractivity contribution in [1.82, 2.24) is 14.7 Å². The van der Waals surface area contributed by atoms with Crippen molar-refractivity contribution in [1.29, 1.82) is 10.5 Å². The van der Waals surface area contributed by atoms with Crippen molar-refractivity contribution in [2.45, 2.75) is 32.7 Å². The minimum absolute atomic E-state index is 0.0461. The molecule has 0 N–H and O–H groups in total. The van der Waals surface area contributed by atoms with Crippen molar-refractivity contribution in [2.24, 2.45) is 11.8 Å². The molecular weight excluding hydrogens is 290 g/mol. The fourth-order valence-electron chi connectivity index (χ4n) is 3.79. The Labute approximate surface area is 139 Å². The van der Waals surface area contributed by atoms with Crippen LogP contribution in [-0.2, 0) is 4.79 Å². The van der Waals surface area contributed by atoms with Gasteiger partial charge in [0.15, 0.2) is 0 Å². The molecule has 23 heavy (non-hydrogen) atoms. The van der Waals surface area contributed by atoms with Gasteiger partial charge in [0.2, 0.25) is 5.91 Å². The lowest BCUT2D eigenvalue weighted by molar-refractivity contribution is -0.130. The van der Waals surface area contributed by atoms with E-state index in [9.17, 15) is 10.1 Å². The molecule has 0 spiro atoms. The lowest BCUT2D eigenvalue weighted by Crippen LogP contribution is -2.53. The van der Waals surface area contributed by atoms with Crippen LogP contribution >= 0.6 is 0 Å². The lowest BCUT2D eigenvalue weighted by Gasteiger charge is -2.39. The van der Waals surface area contributed by atoms with Gasteiger partial charge in [-0.05, 0) is 12.3 Å². The van der Waals surface area contributed by atoms with Gasteiger partial charge in [-0.3, -0.25) is 9.69 Å². The number of piperazine rings is 1. The number of nitriles is 2. The maximum atomic E-state index is 11.4. The molecule has 126 valence electrons. The maximum Gasteiger partial charge on any atom is 0.219 e. The van der Waals surface area contributed by atoms with Crippen LogP contribution in [0.2, 0.25) is 0 Å². The average molecular weight is 317 g/mol. The Bertz CT molecular complexity index is 486. The quantitative estimate of drug-likeness (QED) is 0.753. The smallest absolute Gasteiger partial charge is 0.219 e. The summed E-state index contributed by atoms with van der Waals surface area (Å²) >= 11 is 0. The number of carbonyl (C=O) groups is 1. The number of hydrogen-bond acceptors (Lipinski definition) is 5. The molecule has 0 unspecified atom stereocenters. The van der Waals surface area contributed by atoms with Crippen LogP contribution in [0.1, 0.15) is 26.7 Å². The molecule has 2 rings (SSSR count). The molecule has 0 radical (unpaired) electrons. The van der Waals surface area contributed by atoms with Gasteiger partial charge in [0, 0.05) is 65.2 Å². The monoisotopic (exact) mass is 317 g/mol. The summed E-state index contributed by atoms with van der Waals surface area (Å²) in [5, 5.41) is 17.9. The SMILES string of the molecule is CC(=O)N1CCN([C@@H]2CN(C[C@@H](C#N)CCC#N)C[C@H]2C)CC1. The number of likely N-dealkylation sites (tertiary alicyclic amines) is 1. The molecule has 3 atom stereocenters. The third-order valence-corrected chi connectivity index (χ3v) is 5.14. The number of hydrogen-bond donors (Lipinski definition) is 0. The Balaban J connectivity index is 1.83. The second kappa shape index (κ2) is 8.29. The second-order valence-electron chi connectivity index (χ2n) is 6.83.